The van der Waals surface area contributed by atoms with Crippen LogP contribution < -0.4 is 0 Å². The van der Waals surface area contributed by atoms with Crippen LogP contribution in [0.3, 0.4) is 0 Å². The predicted molar refractivity (Wildman–Crippen MR) is 60.4 cm³/mol. The number of alkyl halides is 3. The van der Waals surface area contributed by atoms with E-state index in [4.69, 9.17) is 9.47 Å². The van der Waals surface area contributed by atoms with Crippen molar-refractivity contribution < 1.29 is 22.6 Å². The number of hydrogen-bond donors (Lipinski definition) is 0. The predicted octanol–water partition coefficient (Wildman–Crippen LogP) is 3.32. The minimum absolute atomic E-state index is 0.0168. The third-order valence-electron chi connectivity index (χ3n) is 2.98. The Morgan fingerprint density at radius 2 is 2.00 bits per heavy atom. The number of epoxide rings is 1. The van der Waals surface area contributed by atoms with Gasteiger partial charge in [-0.1, -0.05) is 18.2 Å². The van der Waals surface area contributed by atoms with Crippen LogP contribution in [0.2, 0.25) is 0 Å². The topological polar surface area (TPSA) is 21.8 Å². The second-order valence-electron chi connectivity index (χ2n) is 4.55. The van der Waals surface area contributed by atoms with Gasteiger partial charge in [0, 0.05) is 0 Å². The molecule has 18 heavy (non-hydrogen) atoms. The fourth-order valence-corrected chi connectivity index (χ4v) is 1.68. The molecule has 0 bridgehead atoms. The van der Waals surface area contributed by atoms with Gasteiger partial charge in [0.2, 0.25) is 0 Å². The maximum absolute atomic E-state index is 12.9. The van der Waals surface area contributed by atoms with E-state index in [-0.39, 0.29) is 18.3 Å². The first kappa shape index (κ1) is 13.4. The minimum Gasteiger partial charge on any atom is -0.371 e. The summed E-state index contributed by atoms with van der Waals surface area (Å²) in [5.74, 6) is 0. The number of benzene rings is 1. The zero-order valence-electron chi connectivity index (χ0n) is 10.3. The minimum atomic E-state index is -4.41. The molecule has 0 aromatic heterocycles. The lowest BCUT2D eigenvalue weighted by Crippen LogP contribution is -2.25. The van der Waals surface area contributed by atoms with Crippen LogP contribution in [0.1, 0.15) is 22.8 Å². The van der Waals surface area contributed by atoms with Crippen molar-refractivity contribution in [3.05, 3.63) is 34.9 Å². The Kier molecular flexibility index (Phi) is 3.64. The van der Waals surface area contributed by atoms with Gasteiger partial charge >= 0.3 is 6.18 Å². The highest BCUT2D eigenvalue weighted by molar-refractivity contribution is 5.31. The molecule has 100 valence electrons. The number of hydrogen-bond acceptors (Lipinski definition) is 2. The standard InChI is InChI=1S/C13H15F3O2/c1-8-3-4-10(5-9(8)2)12(13(14,15)16)18-7-11-6-17-11/h3-5,11-12H,6-7H2,1-2H3/t11-,12-/m0/s1. The van der Waals surface area contributed by atoms with Crippen molar-refractivity contribution in [2.24, 2.45) is 0 Å². The maximum Gasteiger partial charge on any atom is 0.418 e. The van der Waals surface area contributed by atoms with E-state index in [0.29, 0.717) is 6.61 Å². The lowest BCUT2D eigenvalue weighted by Gasteiger charge is -2.21. The second-order valence-corrected chi connectivity index (χ2v) is 4.55. The Balaban J connectivity index is 2.17. The van der Waals surface area contributed by atoms with Crippen LogP contribution in [0.5, 0.6) is 0 Å². The molecule has 0 saturated carbocycles. The molecule has 1 fully saturated rings. The SMILES string of the molecule is Cc1ccc([C@H](OC[C@@H]2CO2)C(F)(F)F)cc1C. The highest BCUT2D eigenvalue weighted by atomic mass is 19.4. The molecule has 5 heteroatoms. The van der Waals surface area contributed by atoms with Crippen molar-refractivity contribution in [2.45, 2.75) is 32.2 Å². The molecule has 2 rings (SSSR count). The zero-order chi connectivity index (χ0) is 13.3. The first-order valence-corrected chi connectivity index (χ1v) is 5.75. The Labute approximate surface area is 104 Å². The van der Waals surface area contributed by atoms with E-state index in [1.165, 1.54) is 12.1 Å². The summed E-state index contributed by atoms with van der Waals surface area (Å²) in [6.45, 7) is 4.12. The normalized spacial score (nSPS) is 20.8. The molecule has 1 heterocycles. The van der Waals surface area contributed by atoms with Crippen LogP contribution >= 0.6 is 0 Å². The lowest BCUT2D eigenvalue weighted by atomic mass is 10.0. The Hall–Kier alpha value is -1.07. The molecule has 2 atom stereocenters. The summed E-state index contributed by atoms with van der Waals surface area (Å²) in [5.41, 5.74) is 1.93. The molecule has 0 radical (unpaired) electrons. The lowest BCUT2D eigenvalue weighted by molar-refractivity contribution is -0.224. The average molecular weight is 260 g/mol. The Morgan fingerprint density at radius 3 is 2.50 bits per heavy atom. The van der Waals surface area contributed by atoms with Crippen LogP contribution in [-0.4, -0.2) is 25.5 Å². The van der Waals surface area contributed by atoms with Gasteiger partial charge in [-0.3, -0.25) is 0 Å². The van der Waals surface area contributed by atoms with Crippen LogP contribution in [0.4, 0.5) is 13.2 Å². The van der Waals surface area contributed by atoms with Gasteiger partial charge in [-0.05, 0) is 30.5 Å². The highest BCUT2D eigenvalue weighted by Gasteiger charge is 2.43. The van der Waals surface area contributed by atoms with E-state index in [0.717, 1.165) is 11.1 Å². The van der Waals surface area contributed by atoms with Gasteiger partial charge in [0.1, 0.15) is 6.10 Å². The first-order valence-electron chi connectivity index (χ1n) is 5.75. The third-order valence-corrected chi connectivity index (χ3v) is 2.98. The van der Waals surface area contributed by atoms with Crippen molar-refractivity contribution in [1.29, 1.82) is 0 Å². The quantitative estimate of drug-likeness (QED) is 0.775. The third kappa shape index (κ3) is 3.23. The van der Waals surface area contributed by atoms with Crippen molar-refractivity contribution in [3.63, 3.8) is 0 Å². The van der Waals surface area contributed by atoms with Crippen LogP contribution in [0, 0.1) is 13.8 Å². The van der Waals surface area contributed by atoms with E-state index in [9.17, 15) is 13.2 Å². The molecule has 1 saturated heterocycles. The fourth-order valence-electron chi connectivity index (χ4n) is 1.68. The molecule has 1 aromatic carbocycles. The maximum atomic E-state index is 12.9. The van der Waals surface area contributed by atoms with E-state index in [2.05, 4.69) is 0 Å². The van der Waals surface area contributed by atoms with Crippen molar-refractivity contribution in [3.8, 4) is 0 Å². The Morgan fingerprint density at radius 1 is 1.33 bits per heavy atom. The smallest absolute Gasteiger partial charge is 0.371 e. The van der Waals surface area contributed by atoms with Gasteiger partial charge in [-0.2, -0.15) is 13.2 Å². The molecular weight excluding hydrogens is 245 g/mol. The summed E-state index contributed by atoms with van der Waals surface area (Å²) in [4.78, 5) is 0. The summed E-state index contributed by atoms with van der Waals surface area (Å²) < 4.78 is 48.6. The van der Waals surface area contributed by atoms with E-state index >= 15 is 0 Å². The summed E-state index contributed by atoms with van der Waals surface area (Å²) in [7, 11) is 0. The summed E-state index contributed by atoms with van der Waals surface area (Å²) in [5, 5.41) is 0. The monoisotopic (exact) mass is 260 g/mol. The second kappa shape index (κ2) is 4.90. The molecule has 0 aliphatic carbocycles. The molecule has 1 aliphatic heterocycles. The van der Waals surface area contributed by atoms with Gasteiger partial charge < -0.3 is 9.47 Å². The highest BCUT2D eigenvalue weighted by Crippen LogP contribution is 2.37. The van der Waals surface area contributed by atoms with Gasteiger partial charge in [-0.25, -0.2) is 0 Å². The van der Waals surface area contributed by atoms with Crippen LogP contribution in [0.25, 0.3) is 0 Å². The number of aryl methyl sites for hydroxylation is 2. The molecule has 1 aromatic rings. The summed E-state index contributed by atoms with van der Waals surface area (Å²) in [6.07, 6.45) is -6.46. The van der Waals surface area contributed by atoms with Gasteiger partial charge in [0.25, 0.3) is 0 Å². The van der Waals surface area contributed by atoms with Gasteiger partial charge in [0.05, 0.1) is 13.2 Å². The summed E-state index contributed by atoms with van der Waals surface area (Å²) >= 11 is 0. The van der Waals surface area contributed by atoms with Crippen LogP contribution in [0.15, 0.2) is 18.2 Å². The van der Waals surface area contributed by atoms with Crippen molar-refractivity contribution >= 4 is 0 Å². The molecule has 1 aliphatic rings. The number of rotatable bonds is 4. The summed E-state index contributed by atoms with van der Waals surface area (Å²) in [6, 6.07) is 4.68. The Bertz CT molecular complexity index is 425. The first-order chi connectivity index (χ1) is 8.38. The van der Waals surface area contributed by atoms with Crippen LogP contribution in [-0.2, 0) is 9.47 Å². The largest absolute Gasteiger partial charge is 0.418 e. The molecule has 0 spiro atoms. The van der Waals surface area contributed by atoms with Crippen molar-refractivity contribution in [2.75, 3.05) is 13.2 Å². The fraction of sp³-hybridized carbons (Fsp3) is 0.538. The van der Waals surface area contributed by atoms with Gasteiger partial charge in [-0.15, -0.1) is 0 Å². The molecule has 2 nitrogen and oxygen atoms in total. The van der Waals surface area contributed by atoms with E-state index in [1.807, 2.05) is 6.92 Å². The molecular formula is C13H15F3O2. The van der Waals surface area contributed by atoms with E-state index in [1.54, 1.807) is 13.0 Å². The van der Waals surface area contributed by atoms with E-state index < -0.39 is 12.3 Å². The zero-order valence-corrected chi connectivity index (χ0v) is 10.3. The average Bonchev–Trinajstić information content (AvgIpc) is 3.05. The van der Waals surface area contributed by atoms with Gasteiger partial charge in [0.15, 0.2) is 6.10 Å². The molecule has 0 amide bonds. The molecule has 0 unspecified atom stereocenters. The number of ether oxygens (including phenoxy) is 2. The number of halogens is 3. The molecule has 0 N–H and O–H groups in total. The van der Waals surface area contributed by atoms with Crippen molar-refractivity contribution in [1.82, 2.24) is 0 Å².